The van der Waals surface area contributed by atoms with E-state index in [0.717, 1.165) is 50.5 Å². The average molecular weight is 334 g/mol. The van der Waals surface area contributed by atoms with Gasteiger partial charge in [-0.2, -0.15) is 0 Å². The molecule has 126 valence electrons. The zero-order valence-electron chi connectivity index (χ0n) is 13.6. The molecule has 23 heavy (non-hydrogen) atoms. The van der Waals surface area contributed by atoms with Gasteiger partial charge in [-0.1, -0.05) is 48.9 Å². The molecule has 0 aliphatic carbocycles. The molecule has 1 heterocycles. The Morgan fingerprint density at radius 2 is 2.17 bits per heavy atom. The van der Waals surface area contributed by atoms with E-state index in [1.54, 1.807) is 11.8 Å². The van der Waals surface area contributed by atoms with Crippen LogP contribution in [-0.4, -0.2) is 48.1 Å². The fourth-order valence-electron chi connectivity index (χ4n) is 2.50. The van der Waals surface area contributed by atoms with Crippen molar-refractivity contribution < 1.29 is 4.79 Å². The normalized spacial score (nSPS) is 16.1. The highest BCUT2D eigenvalue weighted by molar-refractivity contribution is 7.99. The van der Waals surface area contributed by atoms with Crippen molar-refractivity contribution in [3.8, 4) is 0 Å². The maximum absolute atomic E-state index is 12.0. The Hall–Kier alpha value is -1.30. The molecular formula is C18H27N3OS. The molecule has 1 aliphatic heterocycles. The molecule has 1 aromatic carbocycles. The third kappa shape index (κ3) is 6.77. The lowest BCUT2D eigenvalue weighted by atomic mass is 10.1. The molecule has 0 spiro atoms. The Kier molecular flexibility index (Phi) is 8.21. The third-order valence-electron chi connectivity index (χ3n) is 3.87. The number of carbonyl (C=O) groups excluding carboxylic acids is 1. The first-order valence-corrected chi connectivity index (χ1v) is 9.47. The number of nitrogens with zero attached hydrogens (tertiary/aromatic N) is 1. The van der Waals surface area contributed by atoms with E-state index in [2.05, 4.69) is 29.6 Å². The summed E-state index contributed by atoms with van der Waals surface area (Å²) in [5.41, 5.74) is 7.21. The Morgan fingerprint density at radius 1 is 1.35 bits per heavy atom. The predicted octanol–water partition coefficient (Wildman–Crippen LogP) is 2.32. The number of nitrogens with two attached hydrogens (primary N) is 1. The molecule has 1 aliphatic rings. The van der Waals surface area contributed by atoms with E-state index in [1.807, 2.05) is 23.1 Å². The first-order valence-electron chi connectivity index (χ1n) is 8.32. The smallest absolute Gasteiger partial charge is 0.240 e. The van der Waals surface area contributed by atoms with Gasteiger partial charge in [-0.25, -0.2) is 0 Å². The summed E-state index contributed by atoms with van der Waals surface area (Å²) >= 11 is 1.80. The summed E-state index contributed by atoms with van der Waals surface area (Å²) in [4.78, 5) is 13.9. The van der Waals surface area contributed by atoms with Crippen LogP contribution in [0.3, 0.4) is 0 Å². The summed E-state index contributed by atoms with van der Waals surface area (Å²) in [6.45, 7) is 2.68. The molecule has 0 unspecified atom stereocenters. The quantitative estimate of drug-likeness (QED) is 0.681. The minimum atomic E-state index is -0.327. The monoisotopic (exact) mass is 333 g/mol. The number of carbonyl (C=O) groups is 1. The van der Waals surface area contributed by atoms with Crippen molar-refractivity contribution in [1.82, 2.24) is 10.2 Å². The van der Waals surface area contributed by atoms with E-state index in [0.29, 0.717) is 0 Å². The van der Waals surface area contributed by atoms with Crippen LogP contribution >= 0.6 is 11.8 Å². The molecule has 0 saturated carbocycles. The van der Waals surface area contributed by atoms with Crippen molar-refractivity contribution in [2.24, 2.45) is 5.73 Å². The third-order valence-corrected chi connectivity index (χ3v) is 4.84. The van der Waals surface area contributed by atoms with Gasteiger partial charge in [0.25, 0.3) is 0 Å². The zero-order chi connectivity index (χ0) is 16.3. The lowest BCUT2D eigenvalue weighted by Crippen LogP contribution is -2.42. The van der Waals surface area contributed by atoms with Gasteiger partial charge < -0.3 is 16.0 Å². The summed E-state index contributed by atoms with van der Waals surface area (Å²) < 4.78 is 0. The van der Waals surface area contributed by atoms with Crippen LogP contribution in [0, 0.1) is 0 Å². The first kappa shape index (κ1) is 18.0. The van der Waals surface area contributed by atoms with Crippen LogP contribution < -0.4 is 11.1 Å². The van der Waals surface area contributed by atoms with E-state index in [4.69, 9.17) is 5.73 Å². The molecule has 1 atom stereocenters. The minimum absolute atomic E-state index is 0.119. The molecule has 2 rings (SSSR count). The molecule has 3 N–H and O–H groups in total. The standard InChI is InChI=1S/C18H27N3OS/c19-17(18(22)21-13-14-23-15-21)10-4-5-11-20-12-6-9-16-7-2-1-3-8-16/h1-3,6-9,17,20H,4-5,10-15,19H2/b9-6+/t17-/m0/s1. The Balaban J connectivity index is 1.49. The number of rotatable bonds is 9. The molecule has 0 bridgehead atoms. The van der Waals surface area contributed by atoms with Gasteiger partial charge in [0.1, 0.15) is 0 Å². The van der Waals surface area contributed by atoms with Crippen molar-refractivity contribution in [3.05, 3.63) is 42.0 Å². The highest BCUT2D eigenvalue weighted by atomic mass is 32.2. The summed E-state index contributed by atoms with van der Waals surface area (Å²) in [5.74, 6) is 1.97. The summed E-state index contributed by atoms with van der Waals surface area (Å²) in [5, 5.41) is 3.39. The van der Waals surface area contributed by atoms with E-state index in [1.165, 1.54) is 5.56 Å². The molecule has 1 fully saturated rings. The van der Waals surface area contributed by atoms with Crippen molar-refractivity contribution in [2.75, 3.05) is 31.3 Å². The number of nitrogens with one attached hydrogen (secondary N) is 1. The average Bonchev–Trinajstić information content (AvgIpc) is 3.11. The van der Waals surface area contributed by atoms with Gasteiger partial charge >= 0.3 is 0 Å². The number of hydrogen-bond donors (Lipinski definition) is 2. The van der Waals surface area contributed by atoms with Gasteiger partial charge in [-0.05, 0) is 24.9 Å². The molecule has 1 saturated heterocycles. The molecule has 0 aromatic heterocycles. The highest BCUT2D eigenvalue weighted by Crippen LogP contribution is 2.15. The van der Waals surface area contributed by atoms with Gasteiger partial charge in [0, 0.05) is 18.8 Å². The molecule has 1 aromatic rings. The SMILES string of the molecule is N[C@@H](CCCCNC/C=C/c1ccccc1)C(=O)N1CCSC1. The van der Waals surface area contributed by atoms with E-state index in [9.17, 15) is 4.79 Å². The molecular weight excluding hydrogens is 306 g/mol. The number of hydrogen-bond acceptors (Lipinski definition) is 4. The zero-order valence-corrected chi connectivity index (χ0v) is 14.4. The highest BCUT2D eigenvalue weighted by Gasteiger charge is 2.23. The molecule has 0 radical (unpaired) electrons. The lowest BCUT2D eigenvalue weighted by molar-refractivity contribution is -0.131. The Labute approximate surface area is 143 Å². The molecule has 1 amide bonds. The molecule has 5 heteroatoms. The van der Waals surface area contributed by atoms with Crippen molar-refractivity contribution in [1.29, 1.82) is 0 Å². The largest absolute Gasteiger partial charge is 0.331 e. The fraction of sp³-hybridized carbons (Fsp3) is 0.500. The number of unbranched alkanes of at least 4 members (excludes halogenated alkanes) is 1. The topological polar surface area (TPSA) is 58.4 Å². The minimum Gasteiger partial charge on any atom is -0.331 e. The lowest BCUT2D eigenvalue weighted by Gasteiger charge is -2.19. The fourth-order valence-corrected chi connectivity index (χ4v) is 3.46. The van der Waals surface area contributed by atoms with E-state index >= 15 is 0 Å². The summed E-state index contributed by atoms with van der Waals surface area (Å²) in [6.07, 6.45) is 7.07. The maximum Gasteiger partial charge on any atom is 0.240 e. The number of benzene rings is 1. The first-order chi connectivity index (χ1) is 11.3. The van der Waals surface area contributed by atoms with Crippen LogP contribution in [0.5, 0.6) is 0 Å². The van der Waals surface area contributed by atoms with Gasteiger partial charge in [0.05, 0.1) is 11.9 Å². The van der Waals surface area contributed by atoms with E-state index < -0.39 is 0 Å². The van der Waals surface area contributed by atoms with Gasteiger partial charge in [-0.15, -0.1) is 11.8 Å². The second kappa shape index (κ2) is 10.5. The van der Waals surface area contributed by atoms with Crippen LogP contribution in [0.15, 0.2) is 36.4 Å². The van der Waals surface area contributed by atoms with Crippen molar-refractivity contribution in [2.45, 2.75) is 25.3 Å². The van der Waals surface area contributed by atoms with Crippen LogP contribution in [0.1, 0.15) is 24.8 Å². The van der Waals surface area contributed by atoms with Gasteiger partial charge in [-0.3, -0.25) is 4.79 Å². The summed E-state index contributed by atoms with van der Waals surface area (Å²) in [6, 6.07) is 9.96. The summed E-state index contributed by atoms with van der Waals surface area (Å²) in [7, 11) is 0. The van der Waals surface area contributed by atoms with Gasteiger partial charge in [0.15, 0.2) is 0 Å². The maximum atomic E-state index is 12.0. The van der Waals surface area contributed by atoms with Gasteiger partial charge in [0.2, 0.25) is 5.91 Å². The molecule has 4 nitrogen and oxygen atoms in total. The second-order valence-electron chi connectivity index (χ2n) is 5.76. The van der Waals surface area contributed by atoms with Crippen LogP contribution in [0.25, 0.3) is 6.08 Å². The van der Waals surface area contributed by atoms with Crippen LogP contribution in [0.2, 0.25) is 0 Å². The van der Waals surface area contributed by atoms with Crippen molar-refractivity contribution in [3.63, 3.8) is 0 Å². The van der Waals surface area contributed by atoms with Crippen LogP contribution in [-0.2, 0) is 4.79 Å². The van der Waals surface area contributed by atoms with Crippen LogP contribution in [0.4, 0.5) is 0 Å². The van der Waals surface area contributed by atoms with Crippen molar-refractivity contribution >= 4 is 23.7 Å². The number of thioether (sulfide) groups is 1. The Bertz CT molecular complexity index is 486. The van der Waals surface area contributed by atoms with E-state index in [-0.39, 0.29) is 11.9 Å². The second-order valence-corrected chi connectivity index (χ2v) is 6.83. The Morgan fingerprint density at radius 3 is 2.91 bits per heavy atom. The predicted molar refractivity (Wildman–Crippen MR) is 99.2 cm³/mol. The number of amides is 1.